The Morgan fingerprint density at radius 1 is 1.64 bits per heavy atom. The van der Waals surface area contributed by atoms with Crippen LogP contribution in [-0.4, -0.2) is 19.0 Å². The first-order valence-corrected chi connectivity index (χ1v) is 3.39. The molecular formula is C6H15ClN4. The zero-order chi connectivity index (χ0) is 7.61. The van der Waals surface area contributed by atoms with Gasteiger partial charge in [-0.3, -0.25) is 10.4 Å². The molecule has 0 aromatic rings. The number of nitrogens with zero attached hydrogens (tertiary/aromatic N) is 1. The average molecular weight is 179 g/mol. The lowest BCUT2D eigenvalue weighted by Crippen LogP contribution is -2.49. The van der Waals surface area contributed by atoms with Crippen LogP contribution in [0.25, 0.3) is 0 Å². The fourth-order valence-electron chi connectivity index (χ4n) is 0.825. The maximum absolute atomic E-state index is 5.15. The number of nitrogens with one attached hydrogen (secondary N) is 2. The lowest BCUT2D eigenvalue weighted by molar-refractivity contribution is 0.358. The molecule has 0 aliphatic carbocycles. The summed E-state index contributed by atoms with van der Waals surface area (Å²) in [7, 11) is 0. The maximum Gasteiger partial charge on any atom is 0.205 e. The van der Waals surface area contributed by atoms with Gasteiger partial charge in [0.2, 0.25) is 5.96 Å². The SMILES string of the molecule is CC1(C)CN=C(NN)NC1.Cl. The summed E-state index contributed by atoms with van der Waals surface area (Å²) in [6.45, 7) is 6.09. The van der Waals surface area contributed by atoms with E-state index in [1.165, 1.54) is 0 Å². The van der Waals surface area contributed by atoms with Crippen molar-refractivity contribution in [2.75, 3.05) is 13.1 Å². The molecule has 0 saturated heterocycles. The van der Waals surface area contributed by atoms with Crippen LogP contribution in [0.2, 0.25) is 0 Å². The highest BCUT2D eigenvalue weighted by atomic mass is 35.5. The summed E-state index contributed by atoms with van der Waals surface area (Å²) in [6.07, 6.45) is 0. The van der Waals surface area contributed by atoms with Crippen LogP contribution in [0.3, 0.4) is 0 Å². The molecule has 1 rings (SSSR count). The maximum atomic E-state index is 5.15. The minimum absolute atomic E-state index is 0. The Morgan fingerprint density at radius 2 is 2.27 bits per heavy atom. The highest BCUT2D eigenvalue weighted by Gasteiger charge is 2.21. The van der Waals surface area contributed by atoms with Gasteiger partial charge in [-0.1, -0.05) is 13.8 Å². The summed E-state index contributed by atoms with van der Waals surface area (Å²) in [5.74, 6) is 5.84. The highest BCUT2D eigenvalue weighted by molar-refractivity contribution is 5.85. The van der Waals surface area contributed by atoms with Gasteiger partial charge in [0.25, 0.3) is 0 Å². The number of nitrogens with two attached hydrogens (primary N) is 1. The second-order valence-corrected chi connectivity index (χ2v) is 3.33. The number of hydrogen-bond donors (Lipinski definition) is 3. The molecule has 4 N–H and O–H groups in total. The number of rotatable bonds is 0. The fraction of sp³-hybridized carbons (Fsp3) is 0.833. The zero-order valence-corrected chi connectivity index (χ0v) is 7.66. The number of hydrogen-bond acceptors (Lipinski definition) is 4. The molecule has 1 aliphatic rings. The lowest BCUT2D eigenvalue weighted by Gasteiger charge is -2.28. The van der Waals surface area contributed by atoms with E-state index >= 15 is 0 Å². The Labute approximate surface area is 73.0 Å². The summed E-state index contributed by atoms with van der Waals surface area (Å²) in [4.78, 5) is 4.17. The van der Waals surface area contributed by atoms with Gasteiger partial charge in [-0.15, -0.1) is 12.4 Å². The van der Waals surface area contributed by atoms with Gasteiger partial charge < -0.3 is 5.32 Å². The van der Waals surface area contributed by atoms with E-state index in [-0.39, 0.29) is 17.8 Å². The van der Waals surface area contributed by atoms with Gasteiger partial charge in [-0.05, 0) is 0 Å². The molecule has 0 amide bonds. The van der Waals surface area contributed by atoms with Gasteiger partial charge >= 0.3 is 0 Å². The average Bonchev–Trinajstić information content (AvgIpc) is 1.88. The van der Waals surface area contributed by atoms with Crippen molar-refractivity contribution in [3.05, 3.63) is 0 Å². The van der Waals surface area contributed by atoms with Gasteiger partial charge in [0, 0.05) is 18.5 Å². The van der Waals surface area contributed by atoms with Crippen LogP contribution in [0.5, 0.6) is 0 Å². The smallest absolute Gasteiger partial charge is 0.205 e. The van der Waals surface area contributed by atoms with Gasteiger partial charge in [0.1, 0.15) is 0 Å². The first kappa shape index (κ1) is 10.5. The Morgan fingerprint density at radius 3 is 2.64 bits per heavy atom. The normalized spacial score (nSPS) is 20.8. The molecule has 66 valence electrons. The largest absolute Gasteiger partial charge is 0.355 e. The Kier molecular flexibility index (Phi) is 3.62. The molecule has 4 nitrogen and oxygen atoms in total. The fourth-order valence-corrected chi connectivity index (χ4v) is 0.825. The van der Waals surface area contributed by atoms with Crippen molar-refractivity contribution >= 4 is 18.4 Å². The third kappa shape index (κ3) is 2.95. The van der Waals surface area contributed by atoms with Crippen molar-refractivity contribution < 1.29 is 0 Å². The molecule has 1 aliphatic heterocycles. The van der Waals surface area contributed by atoms with E-state index in [1.807, 2.05) is 0 Å². The molecule has 0 saturated carbocycles. The van der Waals surface area contributed by atoms with Gasteiger partial charge in [0.05, 0.1) is 0 Å². The third-order valence-electron chi connectivity index (χ3n) is 1.54. The molecule has 0 atom stereocenters. The van der Waals surface area contributed by atoms with Crippen molar-refractivity contribution in [3.8, 4) is 0 Å². The first-order valence-electron chi connectivity index (χ1n) is 3.39. The number of halogens is 1. The molecule has 0 radical (unpaired) electrons. The minimum atomic E-state index is 0. The molecule has 0 unspecified atom stereocenters. The molecule has 0 bridgehead atoms. The minimum Gasteiger partial charge on any atom is -0.355 e. The Balaban J connectivity index is 0.000001000. The monoisotopic (exact) mass is 178 g/mol. The van der Waals surface area contributed by atoms with Crippen LogP contribution < -0.4 is 16.6 Å². The lowest BCUT2D eigenvalue weighted by atomic mass is 9.93. The molecule has 0 fully saturated rings. The molecule has 0 aromatic carbocycles. The van der Waals surface area contributed by atoms with Gasteiger partial charge in [0.15, 0.2) is 0 Å². The van der Waals surface area contributed by atoms with E-state index in [9.17, 15) is 0 Å². The second kappa shape index (κ2) is 3.78. The third-order valence-corrected chi connectivity index (χ3v) is 1.54. The molecule has 11 heavy (non-hydrogen) atoms. The van der Waals surface area contributed by atoms with Crippen molar-refractivity contribution in [1.82, 2.24) is 10.7 Å². The molecule has 5 heteroatoms. The molecular weight excluding hydrogens is 164 g/mol. The van der Waals surface area contributed by atoms with Crippen LogP contribution in [0.1, 0.15) is 13.8 Å². The van der Waals surface area contributed by atoms with Crippen LogP contribution in [0.15, 0.2) is 4.99 Å². The van der Waals surface area contributed by atoms with Crippen molar-refractivity contribution in [2.45, 2.75) is 13.8 Å². The van der Waals surface area contributed by atoms with Crippen LogP contribution in [-0.2, 0) is 0 Å². The van der Waals surface area contributed by atoms with Gasteiger partial charge in [-0.25, -0.2) is 5.84 Å². The molecule has 0 aromatic heterocycles. The van der Waals surface area contributed by atoms with E-state index in [1.54, 1.807) is 0 Å². The second-order valence-electron chi connectivity index (χ2n) is 3.33. The van der Waals surface area contributed by atoms with Crippen LogP contribution >= 0.6 is 12.4 Å². The van der Waals surface area contributed by atoms with Gasteiger partial charge in [-0.2, -0.15) is 0 Å². The summed E-state index contributed by atoms with van der Waals surface area (Å²) >= 11 is 0. The van der Waals surface area contributed by atoms with E-state index in [2.05, 4.69) is 29.6 Å². The van der Waals surface area contributed by atoms with E-state index in [4.69, 9.17) is 5.84 Å². The molecule has 1 heterocycles. The van der Waals surface area contributed by atoms with Crippen molar-refractivity contribution in [3.63, 3.8) is 0 Å². The quantitative estimate of drug-likeness (QED) is 0.357. The van der Waals surface area contributed by atoms with Crippen molar-refractivity contribution in [1.29, 1.82) is 0 Å². The Bertz CT molecular complexity index is 155. The van der Waals surface area contributed by atoms with Crippen LogP contribution in [0.4, 0.5) is 0 Å². The number of hydrazine groups is 1. The predicted octanol–water partition coefficient (Wildman–Crippen LogP) is -0.143. The van der Waals surface area contributed by atoms with Crippen LogP contribution in [0, 0.1) is 5.41 Å². The summed E-state index contributed by atoms with van der Waals surface area (Å²) < 4.78 is 0. The van der Waals surface area contributed by atoms with E-state index in [0.29, 0.717) is 5.96 Å². The summed E-state index contributed by atoms with van der Waals surface area (Å²) in [5, 5.41) is 3.07. The zero-order valence-electron chi connectivity index (χ0n) is 6.85. The molecule has 0 spiro atoms. The van der Waals surface area contributed by atoms with E-state index < -0.39 is 0 Å². The highest BCUT2D eigenvalue weighted by Crippen LogP contribution is 2.15. The first-order chi connectivity index (χ1) is 4.64. The summed E-state index contributed by atoms with van der Waals surface area (Å²) in [6, 6.07) is 0. The predicted molar refractivity (Wildman–Crippen MR) is 48.7 cm³/mol. The number of aliphatic imine (C=N–C) groups is 1. The van der Waals surface area contributed by atoms with E-state index in [0.717, 1.165) is 13.1 Å². The Hall–Kier alpha value is -0.480. The standard InChI is InChI=1S/C6H14N4.ClH/c1-6(2)3-8-5(10-7)9-4-6;/h3-4,7H2,1-2H3,(H2,8,9,10);1H. The van der Waals surface area contributed by atoms with Crippen molar-refractivity contribution in [2.24, 2.45) is 16.3 Å². The number of guanidine groups is 1. The summed E-state index contributed by atoms with van der Waals surface area (Å²) in [5.41, 5.74) is 2.74. The topological polar surface area (TPSA) is 62.4 Å².